The maximum atomic E-state index is 11.6. The molecule has 0 atom stereocenters. The van der Waals surface area contributed by atoms with E-state index in [9.17, 15) is 4.79 Å². The molecule has 0 unspecified atom stereocenters. The van der Waals surface area contributed by atoms with Crippen molar-refractivity contribution >= 4 is 18.2 Å². The van der Waals surface area contributed by atoms with Gasteiger partial charge in [0.05, 0.1) is 20.8 Å². The van der Waals surface area contributed by atoms with Gasteiger partial charge in [-0.05, 0) is 25.2 Å². The van der Waals surface area contributed by atoms with Crippen LogP contribution in [0.5, 0.6) is 11.5 Å². The Hall–Kier alpha value is -1.26. The third-order valence-electron chi connectivity index (χ3n) is 2.04. The molecule has 1 rings (SSSR count). The number of ether oxygens (including phenoxy) is 2. The Morgan fingerprint density at radius 2 is 1.88 bits per heavy atom. The van der Waals surface area contributed by atoms with Gasteiger partial charge in [-0.15, -0.1) is 12.4 Å². The molecule has 0 saturated carbocycles. The summed E-state index contributed by atoms with van der Waals surface area (Å²) in [6, 6.07) is 5.13. The van der Waals surface area contributed by atoms with Crippen LogP contribution in [0.25, 0.3) is 0 Å². The summed E-state index contributed by atoms with van der Waals surface area (Å²) in [5.74, 6) is 1.22. The first-order valence-corrected chi connectivity index (χ1v) is 4.62. The molecule has 0 fully saturated rings. The summed E-state index contributed by atoms with van der Waals surface area (Å²) in [4.78, 5) is 11.6. The van der Waals surface area contributed by atoms with Crippen LogP contribution >= 0.6 is 12.4 Å². The van der Waals surface area contributed by atoms with Crippen molar-refractivity contribution in [2.75, 3.05) is 27.8 Å². The maximum absolute atomic E-state index is 11.6. The van der Waals surface area contributed by atoms with Crippen LogP contribution in [0.4, 0.5) is 0 Å². The first kappa shape index (κ1) is 14.7. The number of Topliss-reactive ketones (excluding diaryl/α,β-unsaturated/α-hetero) is 1. The highest BCUT2D eigenvalue weighted by Crippen LogP contribution is 2.27. The van der Waals surface area contributed by atoms with Crippen LogP contribution in [0, 0.1) is 0 Å². The smallest absolute Gasteiger partial charge is 0.176 e. The minimum Gasteiger partial charge on any atom is -0.493 e. The number of halogens is 1. The van der Waals surface area contributed by atoms with Gasteiger partial charge in [0.15, 0.2) is 17.3 Å². The Morgan fingerprint density at radius 3 is 2.38 bits per heavy atom. The molecule has 0 bridgehead atoms. The van der Waals surface area contributed by atoms with Crippen molar-refractivity contribution in [3.05, 3.63) is 23.8 Å². The fourth-order valence-electron chi connectivity index (χ4n) is 1.27. The zero-order chi connectivity index (χ0) is 11.3. The third kappa shape index (κ3) is 3.40. The van der Waals surface area contributed by atoms with E-state index in [1.165, 1.54) is 0 Å². The number of rotatable bonds is 5. The van der Waals surface area contributed by atoms with E-state index in [4.69, 9.17) is 9.47 Å². The largest absolute Gasteiger partial charge is 0.493 e. The van der Waals surface area contributed by atoms with E-state index < -0.39 is 0 Å². The van der Waals surface area contributed by atoms with E-state index in [0.717, 1.165) is 0 Å². The predicted molar refractivity (Wildman–Crippen MR) is 65.1 cm³/mol. The van der Waals surface area contributed by atoms with Crippen molar-refractivity contribution in [2.45, 2.75) is 0 Å². The fourth-order valence-corrected chi connectivity index (χ4v) is 1.27. The van der Waals surface area contributed by atoms with Crippen molar-refractivity contribution in [2.24, 2.45) is 0 Å². The molecule has 0 heterocycles. The molecule has 5 heteroatoms. The molecule has 1 N–H and O–H groups in total. The molecular formula is C11H16ClNO3. The van der Waals surface area contributed by atoms with Gasteiger partial charge in [0, 0.05) is 5.56 Å². The van der Waals surface area contributed by atoms with Gasteiger partial charge in [0.25, 0.3) is 0 Å². The van der Waals surface area contributed by atoms with E-state index in [2.05, 4.69) is 5.32 Å². The van der Waals surface area contributed by atoms with Crippen LogP contribution in [0.3, 0.4) is 0 Å². The van der Waals surface area contributed by atoms with E-state index in [-0.39, 0.29) is 18.2 Å². The Labute approximate surface area is 101 Å². The number of nitrogens with one attached hydrogen (secondary N) is 1. The SMILES string of the molecule is CNCC(=O)c1ccc(OC)c(OC)c1.Cl. The molecule has 0 radical (unpaired) electrons. The number of benzene rings is 1. The summed E-state index contributed by atoms with van der Waals surface area (Å²) in [6.45, 7) is 0.315. The highest BCUT2D eigenvalue weighted by atomic mass is 35.5. The van der Waals surface area contributed by atoms with Crippen molar-refractivity contribution in [1.29, 1.82) is 0 Å². The van der Waals surface area contributed by atoms with E-state index >= 15 is 0 Å². The minimum atomic E-state index is 0. The van der Waals surface area contributed by atoms with Gasteiger partial charge in [0.2, 0.25) is 0 Å². The lowest BCUT2D eigenvalue weighted by Crippen LogP contribution is -2.18. The van der Waals surface area contributed by atoms with Crippen molar-refractivity contribution in [3.8, 4) is 11.5 Å². The lowest BCUT2D eigenvalue weighted by molar-refractivity contribution is 0.0993. The van der Waals surface area contributed by atoms with E-state index in [1.807, 2.05) is 0 Å². The Balaban J connectivity index is 0.00000225. The summed E-state index contributed by atoms with van der Waals surface area (Å²) in [5.41, 5.74) is 0.613. The number of hydrogen-bond acceptors (Lipinski definition) is 4. The lowest BCUT2D eigenvalue weighted by atomic mass is 10.1. The molecule has 0 aromatic heterocycles. The highest BCUT2D eigenvalue weighted by molar-refractivity contribution is 5.98. The number of hydrogen-bond donors (Lipinski definition) is 1. The van der Waals surface area contributed by atoms with Crippen molar-refractivity contribution < 1.29 is 14.3 Å². The molecule has 0 aliphatic carbocycles. The molecule has 0 aliphatic rings. The average Bonchev–Trinajstić information content (AvgIpc) is 2.28. The van der Waals surface area contributed by atoms with Crippen LogP contribution < -0.4 is 14.8 Å². The van der Waals surface area contributed by atoms with E-state index in [0.29, 0.717) is 23.6 Å². The van der Waals surface area contributed by atoms with Crippen molar-refractivity contribution in [3.63, 3.8) is 0 Å². The number of ketones is 1. The molecule has 1 aromatic rings. The standard InChI is InChI=1S/C11H15NO3.ClH/c1-12-7-9(13)8-4-5-10(14-2)11(6-8)15-3;/h4-6,12H,7H2,1-3H3;1H. The van der Waals surface area contributed by atoms with Gasteiger partial charge in [-0.1, -0.05) is 0 Å². The second kappa shape index (κ2) is 7.09. The minimum absolute atomic E-state index is 0. The molecule has 0 amide bonds. The number of carbonyl (C=O) groups excluding carboxylic acids is 1. The topological polar surface area (TPSA) is 47.6 Å². The zero-order valence-electron chi connectivity index (χ0n) is 9.57. The van der Waals surface area contributed by atoms with Crippen LogP contribution in [0.15, 0.2) is 18.2 Å². The van der Waals surface area contributed by atoms with E-state index in [1.54, 1.807) is 39.5 Å². The molecule has 4 nitrogen and oxygen atoms in total. The first-order valence-electron chi connectivity index (χ1n) is 4.62. The summed E-state index contributed by atoms with van der Waals surface area (Å²) < 4.78 is 10.2. The van der Waals surface area contributed by atoms with Crippen LogP contribution in [-0.4, -0.2) is 33.6 Å². The molecule has 0 spiro atoms. The van der Waals surface area contributed by atoms with Crippen LogP contribution in [0.2, 0.25) is 0 Å². The van der Waals surface area contributed by atoms with Gasteiger partial charge in [-0.3, -0.25) is 4.79 Å². The third-order valence-corrected chi connectivity index (χ3v) is 2.04. The van der Waals surface area contributed by atoms with Gasteiger partial charge >= 0.3 is 0 Å². The van der Waals surface area contributed by atoms with Gasteiger partial charge in [-0.25, -0.2) is 0 Å². The van der Waals surface area contributed by atoms with Crippen LogP contribution in [0.1, 0.15) is 10.4 Å². The maximum Gasteiger partial charge on any atom is 0.176 e. The molecule has 16 heavy (non-hydrogen) atoms. The highest BCUT2D eigenvalue weighted by Gasteiger charge is 2.09. The summed E-state index contributed by atoms with van der Waals surface area (Å²) in [7, 11) is 4.84. The quantitative estimate of drug-likeness (QED) is 0.800. The Morgan fingerprint density at radius 1 is 1.25 bits per heavy atom. The van der Waals surface area contributed by atoms with Gasteiger partial charge < -0.3 is 14.8 Å². The van der Waals surface area contributed by atoms with Gasteiger partial charge in [-0.2, -0.15) is 0 Å². The zero-order valence-corrected chi connectivity index (χ0v) is 10.4. The number of likely N-dealkylation sites (N-methyl/N-ethyl adjacent to an activating group) is 1. The normalized spacial score (nSPS) is 9.19. The second-order valence-corrected chi connectivity index (χ2v) is 3.02. The second-order valence-electron chi connectivity index (χ2n) is 3.02. The van der Waals surface area contributed by atoms with Crippen LogP contribution in [-0.2, 0) is 0 Å². The predicted octanol–water partition coefficient (Wildman–Crippen LogP) is 1.53. The number of methoxy groups -OCH3 is 2. The Bertz CT molecular complexity index is 355. The lowest BCUT2D eigenvalue weighted by Gasteiger charge is -2.08. The Kier molecular flexibility index (Phi) is 6.53. The summed E-state index contributed by atoms with van der Waals surface area (Å²) >= 11 is 0. The molecular weight excluding hydrogens is 230 g/mol. The van der Waals surface area contributed by atoms with Gasteiger partial charge in [0.1, 0.15) is 0 Å². The molecule has 0 saturated heterocycles. The monoisotopic (exact) mass is 245 g/mol. The van der Waals surface area contributed by atoms with Crippen molar-refractivity contribution in [1.82, 2.24) is 5.32 Å². The summed E-state index contributed by atoms with van der Waals surface area (Å²) in [5, 5.41) is 2.81. The first-order chi connectivity index (χ1) is 7.22. The fraction of sp³-hybridized carbons (Fsp3) is 0.364. The molecule has 1 aromatic carbocycles. The molecule has 0 aliphatic heterocycles. The average molecular weight is 246 g/mol. The summed E-state index contributed by atoms with van der Waals surface area (Å²) in [6.07, 6.45) is 0. The number of carbonyl (C=O) groups is 1. The molecule has 90 valence electrons.